The molecule has 13 aromatic rings. The molecule has 5 heterocycles. The van der Waals surface area contributed by atoms with Gasteiger partial charge in [-0.05, 0) is 54.6 Å². The van der Waals surface area contributed by atoms with E-state index in [2.05, 4.69) is 218 Å². The maximum Gasteiger partial charge on any atom is 0.142 e. The van der Waals surface area contributed by atoms with Gasteiger partial charge in [0.25, 0.3) is 0 Å². The van der Waals surface area contributed by atoms with Gasteiger partial charge in [-0.25, -0.2) is 4.98 Å². The number of aromatic nitrogens is 5. The molecule has 0 saturated heterocycles. The molecule has 5 heteroatoms. The third kappa shape index (κ3) is 4.22. The molecule has 0 unspecified atom stereocenters. The molecule has 0 aliphatic carbocycles. The Morgan fingerprint density at radius 1 is 0.259 bits per heavy atom. The van der Waals surface area contributed by atoms with E-state index >= 15 is 0 Å². The Labute approximate surface area is 332 Å². The summed E-state index contributed by atoms with van der Waals surface area (Å²) in [5, 5.41) is 9.72. The quantitative estimate of drug-likeness (QED) is 0.177. The SMILES string of the molecule is c1ccc2c(c1)c1ccccc1n2-c1cc(-n2c3ccccc3c3c(-n4c5ccccc5c5ccccc54)cccc32)cc(-n2c3ccccc3c3ccccc32)n1. The van der Waals surface area contributed by atoms with Crippen molar-refractivity contribution in [3.8, 4) is 23.0 Å². The van der Waals surface area contributed by atoms with Gasteiger partial charge in [-0.15, -0.1) is 0 Å². The molecule has 8 aromatic carbocycles. The van der Waals surface area contributed by atoms with Gasteiger partial charge in [-0.1, -0.05) is 133 Å². The predicted molar refractivity (Wildman–Crippen MR) is 242 cm³/mol. The number of fused-ring (bicyclic) bond motifs is 12. The Morgan fingerprint density at radius 3 is 0.966 bits per heavy atom. The van der Waals surface area contributed by atoms with Gasteiger partial charge >= 0.3 is 0 Å². The summed E-state index contributed by atoms with van der Waals surface area (Å²) in [5.41, 5.74) is 11.3. The van der Waals surface area contributed by atoms with Crippen LogP contribution in [0, 0.1) is 0 Å². The molecule has 0 amide bonds. The van der Waals surface area contributed by atoms with Gasteiger partial charge in [-0.3, -0.25) is 9.13 Å². The molecule has 0 atom stereocenters. The van der Waals surface area contributed by atoms with Gasteiger partial charge in [0, 0.05) is 55.2 Å². The molecule has 0 bridgehead atoms. The van der Waals surface area contributed by atoms with Crippen molar-refractivity contribution in [2.45, 2.75) is 0 Å². The first-order chi connectivity index (χ1) is 28.8. The van der Waals surface area contributed by atoms with Gasteiger partial charge in [-0.2, -0.15) is 0 Å². The highest BCUT2D eigenvalue weighted by molar-refractivity contribution is 6.17. The van der Waals surface area contributed by atoms with E-state index in [1.165, 1.54) is 54.1 Å². The van der Waals surface area contributed by atoms with Crippen LogP contribution >= 0.6 is 0 Å². The molecule has 13 rings (SSSR count). The number of benzene rings is 8. The van der Waals surface area contributed by atoms with Crippen molar-refractivity contribution in [1.29, 1.82) is 0 Å². The Bertz CT molecular complexity index is 3520. The van der Waals surface area contributed by atoms with E-state index in [1.54, 1.807) is 0 Å². The van der Waals surface area contributed by atoms with Crippen LogP contribution in [0.1, 0.15) is 0 Å². The summed E-state index contributed by atoms with van der Waals surface area (Å²) < 4.78 is 9.56. The van der Waals surface area contributed by atoms with Crippen molar-refractivity contribution in [1.82, 2.24) is 23.3 Å². The number of hydrogen-bond donors (Lipinski definition) is 0. The van der Waals surface area contributed by atoms with E-state index < -0.39 is 0 Å². The summed E-state index contributed by atoms with van der Waals surface area (Å²) >= 11 is 0. The molecule has 0 aliphatic heterocycles. The molecule has 270 valence electrons. The highest BCUT2D eigenvalue weighted by Crippen LogP contribution is 2.41. The van der Waals surface area contributed by atoms with E-state index in [0.717, 1.165) is 56.1 Å². The summed E-state index contributed by atoms with van der Waals surface area (Å²) in [4.78, 5) is 5.62. The smallest absolute Gasteiger partial charge is 0.142 e. The van der Waals surface area contributed by atoms with E-state index in [9.17, 15) is 0 Å². The Morgan fingerprint density at radius 2 is 0.569 bits per heavy atom. The zero-order chi connectivity index (χ0) is 37.9. The van der Waals surface area contributed by atoms with Crippen LogP contribution in [-0.2, 0) is 0 Å². The lowest BCUT2D eigenvalue weighted by molar-refractivity contribution is 0.997. The molecular weight excluding hydrogens is 707 g/mol. The van der Waals surface area contributed by atoms with E-state index in [1.807, 2.05) is 0 Å². The Hall–Kier alpha value is -7.89. The summed E-state index contributed by atoms with van der Waals surface area (Å²) in [6.45, 7) is 0. The van der Waals surface area contributed by atoms with Crippen LogP contribution in [0.2, 0.25) is 0 Å². The van der Waals surface area contributed by atoms with Gasteiger partial charge in [0.15, 0.2) is 0 Å². The van der Waals surface area contributed by atoms with Crippen molar-refractivity contribution in [2.75, 3.05) is 0 Å². The number of rotatable bonds is 4. The van der Waals surface area contributed by atoms with Gasteiger partial charge in [0.2, 0.25) is 0 Å². The second-order valence-electron chi connectivity index (χ2n) is 15.2. The molecule has 0 aliphatic rings. The van der Waals surface area contributed by atoms with E-state index in [-0.39, 0.29) is 0 Å². The minimum absolute atomic E-state index is 0.858. The average Bonchev–Trinajstić information content (AvgIpc) is 4.01. The third-order valence-electron chi connectivity index (χ3n) is 12.2. The monoisotopic (exact) mass is 739 g/mol. The van der Waals surface area contributed by atoms with Crippen LogP contribution in [0.5, 0.6) is 0 Å². The predicted octanol–water partition coefficient (Wildman–Crippen LogP) is 13.5. The molecule has 5 aromatic heterocycles. The van der Waals surface area contributed by atoms with Crippen LogP contribution in [0.3, 0.4) is 0 Å². The second-order valence-corrected chi connectivity index (χ2v) is 15.2. The molecule has 58 heavy (non-hydrogen) atoms. The minimum Gasteiger partial charge on any atom is -0.309 e. The lowest BCUT2D eigenvalue weighted by Gasteiger charge is -2.16. The van der Waals surface area contributed by atoms with Crippen molar-refractivity contribution in [3.63, 3.8) is 0 Å². The Kier molecular flexibility index (Phi) is 6.38. The molecule has 5 nitrogen and oxygen atoms in total. The number of hydrogen-bond acceptors (Lipinski definition) is 1. The maximum atomic E-state index is 5.62. The number of pyridine rings is 1. The van der Waals surface area contributed by atoms with Gasteiger partial charge in [0.05, 0.1) is 55.5 Å². The van der Waals surface area contributed by atoms with Crippen molar-refractivity contribution in [3.05, 3.63) is 200 Å². The Balaban J connectivity index is 1.18. The largest absolute Gasteiger partial charge is 0.309 e. The first-order valence-corrected chi connectivity index (χ1v) is 19.8. The summed E-state index contributed by atoms with van der Waals surface area (Å²) in [5.74, 6) is 1.72. The van der Waals surface area contributed by atoms with Crippen LogP contribution < -0.4 is 0 Å². The standard InChI is InChI=1S/C53H33N5/c1-8-23-42-35(16-1)36-17-2-9-24-43(36)56(42)50-31-15-30-49-53(50)41-22-7-14-29-48(41)55(49)34-32-51(57-44-25-10-3-18-37(44)38-19-4-11-26-45(38)57)54-52(33-34)58-46-27-12-5-20-39(46)40-21-6-13-28-47(40)58/h1-33H. The fourth-order valence-corrected chi connectivity index (χ4v) is 9.83. The molecule has 0 fully saturated rings. The molecule has 0 N–H and O–H groups in total. The molecule has 0 radical (unpaired) electrons. The summed E-state index contributed by atoms with van der Waals surface area (Å²) in [6, 6.07) is 72.4. The summed E-state index contributed by atoms with van der Waals surface area (Å²) in [7, 11) is 0. The number of para-hydroxylation sites is 7. The lowest BCUT2D eigenvalue weighted by Crippen LogP contribution is -2.06. The zero-order valence-corrected chi connectivity index (χ0v) is 31.3. The van der Waals surface area contributed by atoms with E-state index in [4.69, 9.17) is 4.98 Å². The molecule has 0 spiro atoms. The van der Waals surface area contributed by atoms with Crippen LogP contribution in [-0.4, -0.2) is 23.3 Å². The topological polar surface area (TPSA) is 32.6 Å². The first-order valence-electron chi connectivity index (χ1n) is 19.8. The fraction of sp³-hybridized carbons (Fsp3) is 0. The molecular formula is C53H33N5. The zero-order valence-electron chi connectivity index (χ0n) is 31.3. The van der Waals surface area contributed by atoms with Crippen molar-refractivity contribution >= 4 is 87.2 Å². The van der Waals surface area contributed by atoms with Crippen LogP contribution in [0.4, 0.5) is 0 Å². The van der Waals surface area contributed by atoms with Gasteiger partial charge in [0.1, 0.15) is 11.6 Å². The highest BCUT2D eigenvalue weighted by atomic mass is 15.1. The van der Waals surface area contributed by atoms with E-state index in [0.29, 0.717) is 0 Å². The van der Waals surface area contributed by atoms with Gasteiger partial charge < -0.3 is 9.13 Å². The van der Waals surface area contributed by atoms with Crippen LogP contribution in [0.25, 0.3) is 110 Å². The fourth-order valence-electron chi connectivity index (χ4n) is 9.83. The molecule has 0 saturated carbocycles. The number of nitrogens with zero attached hydrogens (tertiary/aromatic N) is 5. The summed E-state index contributed by atoms with van der Waals surface area (Å²) in [6.07, 6.45) is 0. The van der Waals surface area contributed by atoms with Crippen molar-refractivity contribution < 1.29 is 0 Å². The van der Waals surface area contributed by atoms with Crippen LogP contribution in [0.15, 0.2) is 200 Å². The minimum atomic E-state index is 0.858. The highest BCUT2D eigenvalue weighted by Gasteiger charge is 2.22. The van der Waals surface area contributed by atoms with Crippen molar-refractivity contribution in [2.24, 2.45) is 0 Å². The lowest BCUT2D eigenvalue weighted by atomic mass is 10.1. The third-order valence-corrected chi connectivity index (χ3v) is 12.2. The normalized spacial score (nSPS) is 12.1. The average molecular weight is 740 g/mol. The first kappa shape index (κ1) is 31.3. The maximum absolute atomic E-state index is 5.62. The second kappa shape index (κ2) is 11.8.